The number of aryl methyl sites for hydroxylation is 2. The average molecular weight is 276 g/mol. The second-order valence-electron chi connectivity index (χ2n) is 4.99. The predicted octanol–water partition coefficient (Wildman–Crippen LogP) is 3.04. The van der Waals surface area contributed by atoms with Gasteiger partial charge in [0.1, 0.15) is 5.76 Å². The van der Waals surface area contributed by atoms with Crippen molar-refractivity contribution in [3.05, 3.63) is 29.3 Å². The van der Waals surface area contributed by atoms with E-state index in [4.69, 9.17) is 9.26 Å². The molecule has 2 aromatic rings. The zero-order valence-corrected chi connectivity index (χ0v) is 12.5. The first-order chi connectivity index (χ1) is 9.47. The third kappa shape index (κ3) is 3.26. The van der Waals surface area contributed by atoms with Gasteiger partial charge in [0.2, 0.25) is 11.8 Å². The molecular weight excluding hydrogens is 256 g/mol. The lowest BCUT2D eigenvalue weighted by molar-refractivity contribution is 0.232. The van der Waals surface area contributed by atoms with E-state index in [0.29, 0.717) is 11.8 Å². The molecule has 20 heavy (non-hydrogen) atoms. The Morgan fingerprint density at radius 3 is 2.60 bits per heavy atom. The van der Waals surface area contributed by atoms with Gasteiger partial charge in [0.05, 0.1) is 17.8 Å². The van der Waals surface area contributed by atoms with Crippen molar-refractivity contribution >= 4 is 5.95 Å². The zero-order valence-electron chi connectivity index (χ0n) is 12.5. The molecule has 0 aromatic carbocycles. The fourth-order valence-electron chi connectivity index (χ4n) is 2.09. The highest BCUT2D eigenvalue weighted by molar-refractivity contribution is 5.35. The van der Waals surface area contributed by atoms with Crippen LogP contribution in [0.15, 0.2) is 16.8 Å². The maximum Gasteiger partial charge on any atom is 0.226 e. The van der Waals surface area contributed by atoms with E-state index in [9.17, 15) is 0 Å². The summed E-state index contributed by atoms with van der Waals surface area (Å²) in [7, 11) is 0. The summed E-state index contributed by atoms with van der Waals surface area (Å²) in [6.07, 6.45) is 1.75. The molecule has 6 heteroatoms. The first kappa shape index (κ1) is 14.3. The van der Waals surface area contributed by atoms with Gasteiger partial charge in [-0.15, -0.1) is 0 Å². The van der Waals surface area contributed by atoms with Crippen LogP contribution in [0, 0.1) is 13.8 Å². The minimum Gasteiger partial charge on any atom is -0.475 e. The number of nitrogens with one attached hydrogen (secondary N) is 1. The smallest absolute Gasteiger partial charge is 0.226 e. The van der Waals surface area contributed by atoms with Crippen molar-refractivity contribution in [2.75, 3.05) is 5.32 Å². The number of nitrogens with zero attached hydrogens (tertiary/aromatic N) is 3. The molecule has 2 rings (SSSR count). The lowest BCUT2D eigenvalue weighted by Gasteiger charge is -2.14. The maximum absolute atomic E-state index is 5.55. The molecule has 1 unspecified atom stereocenters. The van der Waals surface area contributed by atoms with Crippen molar-refractivity contribution in [1.29, 1.82) is 0 Å². The molecule has 0 aliphatic heterocycles. The van der Waals surface area contributed by atoms with Crippen LogP contribution in [0.5, 0.6) is 5.88 Å². The van der Waals surface area contributed by atoms with Crippen LogP contribution in [-0.4, -0.2) is 21.2 Å². The zero-order chi connectivity index (χ0) is 14.7. The molecule has 6 nitrogen and oxygen atoms in total. The number of rotatable bonds is 5. The van der Waals surface area contributed by atoms with Gasteiger partial charge in [0.25, 0.3) is 0 Å². The van der Waals surface area contributed by atoms with Crippen LogP contribution in [0.4, 0.5) is 5.95 Å². The quantitative estimate of drug-likeness (QED) is 0.904. The molecule has 0 aliphatic carbocycles. The summed E-state index contributed by atoms with van der Waals surface area (Å²) in [5, 5.41) is 7.19. The molecule has 1 atom stereocenters. The van der Waals surface area contributed by atoms with Crippen molar-refractivity contribution in [3.8, 4) is 5.88 Å². The minimum absolute atomic E-state index is 0.00977. The first-order valence-electron chi connectivity index (χ1n) is 6.66. The summed E-state index contributed by atoms with van der Waals surface area (Å²) >= 11 is 0. The monoisotopic (exact) mass is 276 g/mol. The van der Waals surface area contributed by atoms with E-state index in [-0.39, 0.29) is 12.1 Å². The Hall–Kier alpha value is -2.11. The van der Waals surface area contributed by atoms with Gasteiger partial charge in [-0.25, -0.2) is 4.98 Å². The molecule has 0 saturated carbocycles. The Morgan fingerprint density at radius 2 is 2.00 bits per heavy atom. The number of ether oxygens (including phenoxy) is 1. The Balaban J connectivity index is 2.14. The molecule has 0 spiro atoms. The first-order valence-corrected chi connectivity index (χ1v) is 6.66. The van der Waals surface area contributed by atoms with Crippen LogP contribution in [0.25, 0.3) is 0 Å². The summed E-state index contributed by atoms with van der Waals surface area (Å²) in [5.74, 6) is 1.89. The molecule has 0 fully saturated rings. The minimum atomic E-state index is 0.00977. The molecule has 2 heterocycles. The fourth-order valence-corrected chi connectivity index (χ4v) is 2.09. The fraction of sp³-hybridized carbons (Fsp3) is 0.500. The third-order valence-electron chi connectivity index (χ3n) is 2.85. The van der Waals surface area contributed by atoms with Crippen LogP contribution in [0.2, 0.25) is 0 Å². The van der Waals surface area contributed by atoms with Crippen molar-refractivity contribution in [2.24, 2.45) is 0 Å². The predicted molar refractivity (Wildman–Crippen MR) is 75.8 cm³/mol. The molecule has 108 valence electrons. The van der Waals surface area contributed by atoms with Crippen molar-refractivity contribution in [1.82, 2.24) is 15.1 Å². The van der Waals surface area contributed by atoms with Gasteiger partial charge in [0, 0.05) is 17.8 Å². The van der Waals surface area contributed by atoms with E-state index in [1.54, 1.807) is 12.3 Å². The van der Waals surface area contributed by atoms with Gasteiger partial charge >= 0.3 is 0 Å². The number of aromatic nitrogens is 3. The molecule has 0 bridgehead atoms. The molecule has 0 saturated heterocycles. The Kier molecular flexibility index (Phi) is 4.22. The van der Waals surface area contributed by atoms with Crippen LogP contribution < -0.4 is 10.1 Å². The van der Waals surface area contributed by atoms with E-state index in [1.165, 1.54) is 0 Å². The SMILES string of the molecule is Cc1noc(C)c1C(C)Nc1nccc(OC(C)C)n1. The summed E-state index contributed by atoms with van der Waals surface area (Å²) in [5.41, 5.74) is 1.90. The Labute approximate surface area is 118 Å². The summed E-state index contributed by atoms with van der Waals surface area (Å²) in [4.78, 5) is 8.53. The molecule has 2 aromatic heterocycles. The van der Waals surface area contributed by atoms with Gasteiger partial charge in [0.15, 0.2) is 0 Å². The van der Waals surface area contributed by atoms with E-state index >= 15 is 0 Å². The maximum atomic E-state index is 5.55. The highest BCUT2D eigenvalue weighted by Gasteiger charge is 2.17. The Bertz CT molecular complexity index is 561. The molecule has 0 amide bonds. The van der Waals surface area contributed by atoms with Crippen molar-refractivity contribution in [2.45, 2.75) is 46.8 Å². The van der Waals surface area contributed by atoms with Gasteiger partial charge in [-0.05, 0) is 34.6 Å². The standard InChI is InChI=1S/C14H20N4O2/c1-8(2)19-12-6-7-15-14(17-12)16-9(3)13-10(4)18-20-11(13)5/h6-9H,1-5H3,(H,15,16,17). The Morgan fingerprint density at radius 1 is 1.25 bits per heavy atom. The average Bonchev–Trinajstić information content (AvgIpc) is 2.68. The van der Waals surface area contributed by atoms with Gasteiger partial charge < -0.3 is 14.6 Å². The highest BCUT2D eigenvalue weighted by atomic mass is 16.5. The summed E-state index contributed by atoms with van der Waals surface area (Å²) in [6, 6.07) is 1.75. The van der Waals surface area contributed by atoms with Gasteiger partial charge in [-0.1, -0.05) is 5.16 Å². The van der Waals surface area contributed by atoms with Gasteiger partial charge in [-0.2, -0.15) is 4.98 Å². The topological polar surface area (TPSA) is 73.1 Å². The van der Waals surface area contributed by atoms with E-state index in [1.807, 2.05) is 34.6 Å². The normalized spacial score (nSPS) is 12.5. The summed E-state index contributed by atoms with van der Waals surface area (Å²) < 4.78 is 10.7. The second kappa shape index (κ2) is 5.90. The number of hydrogen-bond donors (Lipinski definition) is 1. The highest BCUT2D eigenvalue weighted by Crippen LogP contribution is 2.24. The van der Waals surface area contributed by atoms with Crippen molar-refractivity contribution < 1.29 is 9.26 Å². The van der Waals surface area contributed by atoms with Crippen LogP contribution in [-0.2, 0) is 0 Å². The van der Waals surface area contributed by atoms with E-state index in [0.717, 1.165) is 17.0 Å². The largest absolute Gasteiger partial charge is 0.475 e. The molecule has 0 aliphatic rings. The molecule has 0 radical (unpaired) electrons. The lowest BCUT2D eigenvalue weighted by atomic mass is 10.1. The number of hydrogen-bond acceptors (Lipinski definition) is 6. The van der Waals surface area contributed by atoms with Crippen LogP contribution in [0.3, 0.4) is 0 Å². The summed E-state index contributed by atoms with van der Waals surface area (Å²) in [6.45, 7) is 9.76. The molecule has 1 N–H and O–H groups in total. The van der Waals surface area contributed by atoms with Crippen molar-refractivity contribution in [3.63, 3.8) is 0 Å². The van der Waals surface area contributed by atoms with Crippen LogP contribution >= 0.6 is 0 Å². The van der Waals surface area contributed by atoms with E-state index < -0.39 is 0 Å². The third-order valence-corrected chi connectivity index (χ3v) is 2.85. The lowest BCUT2D eigenvalue weighted by Crippen LogP contribution is -2.12. The van der Waals surface area contributed by atoms with Crippen LogP contribution in [0.1, 0.15) is 43.8 Å². The molecular formula is C14H20N4O2. The number of anilines is 1. The van der Waals surface area contributed by atoms with E-state index in [2.05, 4.69) is 20.4 Å². The van der Waals surface area contributed by atoms with Gasteiger partial charge in [-0.3, -0.25) is 0 Å². The second-order valence-corrected chi connectivity index (χ2v) is 4.99.